The van der Waals surface area contributed by atoms with Crippen molar-refractivity contribution in [3.05, 3.63) is 5.89 Å². The van der Waals surface area contributed by atoms with Crippen LogP contribution in [0.5, 0.6) is 0 Å². The molecule has 1 aromatic rings. The molecule has 1 aliphatic heterocycles. The highest BCUT2D eigenvalue weighted by Crippen LogP contribution is 2.25. The standard InChI is InChI=1S/C13H21N3O2S2/c1-9-5-4-6-10(2)16(9)12(17)8-20-13-15-14-11(18-13)7-19-3/h9-10H,4-8H2,1-3H3. The van der Waals surface area contributed by atoms with Gasteiger partial charge in [0.05, 0.1) is 11.5 Å². The molecule has 0 radical (unpaired) electrons. The number of hydrogen-bond donors (Lipinski definition) is 0. The van der Waals surface area contributed by atoms with E-state index in [1.807, 2.05) is 11.2 Å². The molecule has 0 bridgehead atoms. The van der Waals surface area contributed by atoms with E-state index in [2.05, 4.69) is 24.0 Å². The van der Waals surface area contributed by atoms with Crippen LogP contribution in [0.4, 0.5) is 0 Å². The van der Waals surface area contributed by atoms with Crippen molar-refractivity contribution in [3.8, 4) is 0 Å². The van der Waals surface area contributed by atoms with Crippen LogP contribution in [0.25, 0.3) is 0 Å². The van der Waals surface area contributed by atoms with Crippen LogP contribution in [-0.4, -0.2) is 45.1 Å². The van der Waals surface area contributed by atoms with Crippen LogP contribution in [0, 0.1) is 0 Å². The molecule has 0 saturated carbocycles. The molecule has 1 aromatic heterocycles. The van der Waals surface area contributed by atoms with Crippen molar-refractivity contribution in [1.82, 2.24) is 15.1 Å². The number of rotatable bonds is 5. The third kappa shape index (κ3) is 3.91. The largest absolute Gasteiger partial charge is 0.415 e. The summed E-state index contributed by atoms with van der Waals surface area (Å²) in [5.41, 5.74) is 0. The lowest BCUT2D eigenvalue weighted by Crippen LogP contribution is -2.48. The Morgan fingerprint density at radius 3 is 2.70 bits per heavy atom. The summed E-state index contributed by atoms with van der Waals surface area (Å²) in [7, 11) is 0. The van der Waals surface area contributed by atoms with Crippen molar-refractivity contribution in [2.45, 2.75) is 56.2 Å². The number of aromatic nitrogens is 2. The van der Waals surface area contributed by atoms with Gasteiger partial charge in [0, 0.05) is 12.1 Å². The molecule has 20 heavy (non-hydrogen) atoms. The Morgan fingerprint density at radius 1 is 1.35 bits per heavy atom. The number of carbonyl (C=O) groups excluding carboxylic acids is 1. The Kier molecular flexibility index (Phi) is 5.77. The van der Waals surface area contributed by atoms with E-state index in [0.717, 1.165) is 12.8 Å². The van der Waals surface area contributed by atoms with Gasteiger partial charge in [0.15, 0.2) is 0 Å². The van der Waals surface area contributed by atoms with Crippen molar-refractivity contribution in [2.75, 3.05) is 12.0 Å². The Bertz CT molecular complexity index is 443. The van der Waals surface area contributed by atoms with Crippen molar-refractivity contribution < 1.29 is 9.21 Å². The minimum atomic E-state index is 0.166. The molecule has 2 heterocycles. The van der Waals surface area contributed by atoms with E-state index >= 15 is 0 Å². The third-order valence-corrected chi connectivity index (χ3v) is 4.86. The molecule has 7 heteroatoms. The number of likely N-dealkylation sites (tertiary alicyclic amines) is 1. The first-order valence-electron chi connectivity index (χ1n) is 6.87. The van der Waals surface area contributed by atoms with Gasteiger partial charge in [0.1, 0.15) is 0 Å². The minimum Gasteiger partial charge on any atom is -0.415 e. The zero-order valence-corrected chi connectivity index (χ0v) is 13.8. The first-order chi connectivity index (χ1) is 9.61. The van der Waals surface area contributed by atoms with Gasteiger partial charge in [0.2, 0.25) is 11.8 Å². The highest BCUT2D eigenvalue weighted by atomic mass is 32.2. The van der Waals surface area contributed by atoms with Gasteiger partial charge in [-0.15, -0.1) is 10.2 Å². The fraction of sp³-hybridized carbons (Fsp3) is 0.769. The quantitative estimate of drug-likeness (QED) is 0.779. The predicted octanol–water partition coefficient (Wildman–Crippen LogP) is 2.81. The highest BCUT2D eigenvalue weighted by molar-refractivity contribution is 7.99. The van der Waals surface area contributed by atoms with Crippen molar-refractivity contribution in [1.29, 1.82) is 0 Å². The van der Waals surface area contributed by atoms with E-state index < -0.39 is 0 Å². The maximum Gasteiger partial charge on any atom is 0.277 e. The van der Waals surface area contributed by atoms with Gasteiger partial charge in [-0.05, 0) is 39.4 Å². The molecular formula is C13H21N3O2S2. The van der Waals surface area contributed by atoms with Crippen LogP contribution >= 0.6 is 23.5 Å². The van der Waals surface area contributed by atoms with Crippen molar-refractivity contribution >= 4 is 29.4 Å². The summed E-state index contributed by atoms with van der Waals surface area (Å²) >= 11 is 2.97. The number of nitrogens with zero attached hydrogens (tertiary/aromatic N) is 3. The molecule has 1 saturated heterocycles. The fourth-order valence-corrected chi connectivity index (χ4v) is 3.60. The molecule has 112 valence electrons. The molecule has 1 fully saturated rings. The lowest BCUT2D eigenvalue weighted by Gasteiger charge is -2.39. The Hall–Kier alpha value is -0.690. The molecule has 5 nitrogen and oxygen atoms in total. The summed E-state index contributed by atoms with van der Waals surface area (Å²) in [6, 6.07) is 0.670. The maximum atomic E-state index is 12.3. The van der Waals surface area contributed by atoms with Crippen LogP contribution in [0.3, 0.4) is 0 Å². The summed E-state index contributed by atoms with van der Waals surface area (Å²) in [5, 5.41) is 8.38. The van der Waals surface area contributed by atoms with Gasteiger partial charge in [-0.25, -0.2) is 0 Å². The zero-order valence-electron chi connectivity index (χ0n) is 12.2. The normalized spacial score (nSPS) is 23.1. The average molecular weight is 315 g/mol. The lowest BCUT2D eigenvalue weighted by atomic mass is 9.98. The molecule has 1 amide bonds. The Balaban J connectivity index is 1.87. The Labute approximate surface area is 128 Å². The van der Waals surface area contributed by atoms with Crippen LogP contribution < -0.4 is 0 Å². The van der Waals surface area contributed by atoms with E-state index in [4.69, 9.17) is 4.42 Å². The van der Waals surface area contributed by atoms with Gasteiger partial charge in [-0.1, -0.05) is 11.8 Å². The van der Waals surface area contributed by atoms with Gasteiger partial charge in [-0.2, -0.15) is 11.8 Å². The molecule has 0 spiro atoms. The summed E-state index contributed by atoms with van der Waals surface area (Å²) in [5.74, 6) is 1.86. The molecule has 2 atom stereocenters. The molecule has 0 aliphatic carbocycles. The van der Waals surface area contributed by atoms with Crippen molar-refractivity contribution in [3.63, 3.8) is 0 Å². The van der Waals surface area contributed by atoms with Crippen LogP contribution in [0.2, 0.25) is 0 Å². The second-order valence-corrected chi connectivity index (χ2v) is 6.91. The topological polar surface area (TPSA) is 59.2 Å². The summed E-state index contributed by atoms with van der Waals surface area (Å²) in [6.07, 6.45) is 5.39. The molecule has 0 aromatic carbocycles. The van der Waals surface area contributed by atoms with Gasteiger partial charge in [0.25, 0.3) is 5.22 Å². The van der Waals surface area contributed by atoms with E-state index in [-0.39, 0.29) is 5.91 Å². The van der Waals surface area contributed by atoms with E-state index in [1.54, 1.807) is 11.8 Å². The maximum absolute atomic E-state index is 12.3. The average Bonchev–Trinajstić information content (AvgIpc) is 2.84. The molecular weight excluding hydrogens is 294 g/mol. The lowest BCUT2D eigenvalue weighted by molar-refractivity contribution is -0.134. The Morgan fingerprint density at radius 2 is 2.05 bits per heavy atom. The minimum absolute atomic E-state index is 0.166. The first kappa shape index (κ1) is 15.7. The second-order valence-electron chi connectivity index (χ2n) is 5.11. The monoisotopic (exact) mass is 315 g/mol. The van der Waals surface area contributed by atoms with E-state index in [1.165, 1.54) is 18.2 Å². The van der Waals surface area contributed by atoms with E-state index in [9.17, 15) is 4.79 Å². The number of piperidine rings is 1. The number of hydrogen-bond acceptors (Lipinski definition) is 6. The first-order valence-corrected chi connectivity index (χ1v) is 9.25. The number of carbonyl (C=O) groups is 1. The van der Waals surface area contributed by atoms with Crippen LogP contribution in [0.15, 0.2) is 9.64 Å². The van der Waals surface area contributed by atoms with Gasteiger partial charge < -0.3 is 9.32 Å². The number of thioether (sulfide) groups is 2. The van der Waals surface area contributed by atoms with Crippen LogP contribution in [0.1, 0.15) is 39.0 Å². The molecule has 2 unspecified atom stereocenters. The zero-order chi connectivity index (χ0) is 14.5. The summed E-state index contributed by atoms with van der Waals surface area (Å²) < 4.78 is 5.46. The number of amides is 1. The molecule has 2 rings (SSSR count). The van der Waals surface area contributed by atoms with E-state index in [0.29, 0.717) is 34.7 Å². The highest BCUT2D eigenvalue weighted by Gasteiger charge is 2.28. The van der Waals surface area contributed by atoms with Gasteiger partial charge >= 0.3 is 0 Å². The SMILES string of the molecule is CSCc1nnc(SCC(=O)N2C(C)CCCC2C)o1. The summed E-state index contributed by atoms with van der Waals surface area (Å²) in [6.45, 7) is 4.25. The van der Waals surface area contributed by atoms with Crippen molar-refractivity contribution in [2.24, 2.45) is 0 Å². The molecule has 0 N–H and O–H groups in total. The predicted molar refractivity (Wildman–Crippen MR) is 81.9 cm³/mol. The summed E-state index contributed by atoms with van der Waals surface area (Å²) in [4.78, 5) is 14.3. The second kappa shape index (κ2) is 7.36. The van der Waals surface area contributed by atoms with Gasteiger partial charge in [-0.3, -0.25) is 4.79 Å². The fourth-order valence-electron chi connectivity index (χ4n) is 2.59. The third-order valence-electron chi connectivity index (χ3n) is 3.52. The smallest absolute Gasteiger partial charge is 0.277 e. The molecule has 1 aliphatic rings. The van der Waals surface area contributed by atoms with Crippen LogP contribution in [-0.2, 0) is 10.5 Å².